The van der Waals surface area contributed by atoms with Crippen molar-refractivity contribution in [3.8, 4) is 5.75 Å². The SMILES string of the molecule is COC(=O)c1ccc(OCC(=O)Nc2nnc(C)o2)cc1. The van der Waals surface area contributed by atoms with Gasteiger partial charge in [-0.05, 0) is 24.3 Å². The predicted molar refractivity (Wildman–Crippen MR) is 70.9 cm³/mol. The van der Waals surface area contributed by atoms with Crippen molar-refractivity contribution in [2.75, 3.05) is 19.0 Å². The van der Waals surface area contributed by atoms with Gasteiger partial charge in [0.2, 0.25) is 5.89 Å². The first-order valence-electron chi connectivity index (χ1n) is 5.99. The van der Waals surface area contributed by atoms with Crippen LogP contribution in [0.5, 0.6) is 5.75 Å². The van der Waals surface area contributed by atoms with E-state index in [4.69, 9.17) is 9.15 Å². The molecule has 21 heavy (non-hydrogen) atoms. The smallest absolute Gasteiger partial charge is 0.337 e. The van der Waals surface area contributed by atoms with Crippen molar-refractivity contribution in [3.05, 3.63) is 35.7 Å². The summed E-state index contributed by atoms with van der Waals surface area (Å²) in [6.45, 7) is 1.39. The minimum absolute atomic E-state index is 0.0159. The van der Waals surface area contributed by atoms with E-state index in [1.165, 1.54) is 7.11 Å². The zero-order valence-corrected chi connectivity index (χ0v) is 11.5. The Labute approximate surface area is 120 Å². The van der Waals surface area contributed by atoms with Gasteiger partial charge >= 0.3 is 12.0 Å². The van der Waals surface area contributed by atoms with E-state index in [9.17, 15) is 9.59 Å². The van der Waals surface area contributed by atoms with Crippen molar-refractivity contribution in [3.63, 3.8) is 0 Å². The third kappa shape index (κ3) is 4.03. The molecule has 110 valence electrons. The summed E-state index contributed by atoms with van der Waals surface area (Å²) in [5.41, 5.74) is 0.399. The number of aromatic nitrogens is 2. The quantitative estimate of drug-likeness (QED) is 0.825. The third-order valence-electron chi connectivity index (χ3n) is 2.42. The largest absolute Gasteiger partial charge is 0.484 e. The minimum atomic E-state index is -0.439. The number of esters is 1. The van der Waals surface area contributed by atoms with Gasteiger partial charge in [-0.2, -0.15) is 0 Å². The van der Waals surface area contributed by atoms with Crippen LogP contribution in [0, 0.1) is 6.92 Å². The number of methoxy groups -OCH3 is 1. The highest BCUT2D eigenvalue weighted by Crippen LogP contribution is 2.13. The number of carbonyl (C=O) groups is 2. The van der Waals surface area contributed by atoms with E-state index in [0.717, 1.165) is 0 Å². The Balaban J connectivity index is 1.85. The van der Waals surface area contributed by atoms with E-state index in [1.54, 1.807) is 31.2 Å². The van der Waals surface area contributed by atoms with Crippen molar-refractivity contribution in [2.45, 2.75) is 6.92 Å². The molecule has 8 heteroatoms. The molecule has 1 heterocycles. The van der Waals surface area contributed by atoms with Gasteiger partial charge in [0.05, 0.1) is 12.7 Å². The summed E-state index contributed by atoms with van der Waals surface area (Å²) in [6, 6.07) is 6.23. The van der Waals surface area contributed by atoms with Crippen molar-refractivity contribution in [1.29, 1.82) is 0 Å². The second-order valence-corrected chi connectivity index (χ2v) is 3.98. The molecule has 0 atom stereocenters. The van der Waals surface area contributed by atoms with Crippen molar-refractivity contribution < 1.29 is 23.5 Å². The number of anilines is 1. The number of hydrogen-bond donors (Lipinski definition) is 1. The molecule has 0 saturated heterocycles. The molecule has 0 fully saturated rings. The molecule has 8 nitrogen and oxygen atoms in total. The van der Waals surface area contributed by atoms with Crippen molar-refractivity contribution in [1.82, 2.24) is 10.2 Å². The summed E-state index contributed by atoms with van der Waals surface area (Å²) < 4.78 is 14.8. The number of ether oxygens (including phenoxy) is 2. The molecule has 0 spiro atoms. The topological polar surface area (TPSA) is 104 Å². The summed E-state index contributed by atoms with van der Waals surface area (Å²) in [4.78, 5) is 22.8. The van der Waals surface area contributed by atoms with Gasteiger partial charge in [0.15, 0.2) is 6.61 Å². The molecule has 0 bridgehead atoms. The Hall–Kier alpha value is -2.90. The Bertz CT molecular complexity index is 636. The van der Waals surface area contributed by atoms with Crippen LogP contribution >= 0.6 is 0 Å². The highest BCUT2D eigenvalue weighted by Gasteiger charge is 2.09. The van der Waals surface area contributed by atoms with Crippen LogP contribution in [-0.2, 0) is 9.53 Å². The number of nitrogens with one attached hydrogen (secondary N) is 1. The van der Waals surface area contributed by atoms with Gasteiger partial charge in [-0.3, -0.25) is 10.1 Å². The molecule has 0 unspecified atom stereocenters. The minimum Gasteiger partial charge on any atom is -0.484 e. The van der Waals surface area contributed by atoms with Crippen molar-refractivity contribution in [2.24, 2.45) is 0 Å². The molecule has 1 aromatic carbocycles. The van der Waals surface area contributed by atoms with Crippen LogP contribution in [0.1, 0.15) is 16.2 Å². The molecule has 0 saturated carbocycles. The first-order chi connectivity index (χ1) is 10.1. The van der Waals surface area contributed by atoms with Crippen LogP contribution < -0.4 is 10.1 Å². The van der Waals surface area contributed by atoms with Gasteiger partial charge in [-0.25, -0.2) is 4.79 Å². The number of aryl methyl sites for hydroxylation is 1. The van der Waals surface area contributed by atoms with Gasteiger partial charge < -0.3 is 13.9 Å². The van der Waals surface area contributed by atoms with Gasteiger partial charge in [0.25, 0.3) is 5.91 Å². The Morgan fingerprint density at radius 1 is 1.24 bits per heavy atom. The molecule has 1 amide bonds. The van der Waals surface area contributed by atoms with Crippen LogP contribution in [0.3, 0.4) is 0 Å². The summed E-state index contributed by atoms with van der Waals surface area (Å²) in [5.74, 6) is -0.0779. The number of carbonyl (C=O) groups excluding carboxylic acids is 2. The van der Waals surface area contributed by atoms with Gasteiger partial charge in [0, 0.05) is 6.92 Å². The second kappa shape index (κ2) is 6.51. The average molecular weight is 291 g/mol. The highest BCUT2D eigenvalue weighted by molar-refractivity contribution is 5.90. The van der Waals surface area contributed by atoms with Gasteiger partial charge in [-0.15, -0.1) is 5.10 Å². The van der Waals surface area contributed by atoms with Crippen LogP contribution in [0.25, 0.3) is 0 Å². The average Bonchev–Trinajstić information content (AvgIpc) is 2.90. The van der Waals surface area contributed by atoms with Gasteiger partial charge in [-0.1, -0.05) is 5.10 Å². The third-order valence-corrected chi connectivity index (χ3v) is 2.42. The fourth-order valence-corrected chi connectivity index (χ4v) is 1.46. The molecular weight excluding hydrogens is 278 g/mol. The van der Waals surface area contributed by atoms with E-state index in [0.29, 0.717) is 17.2 Å². The number of amides is 1. The monoisotopic (exact) mass is 291 g/mol. The zero-order valence-electron chi connectivity index (χ0n) is 11.5. The molecule has 0 radical (unpaired) electrons. The van der Waals surface area contributed by atoms with E-state index in [2.05, 4.69) is 20.3 Å². The van der Waals surface area contributed by atoms with E-state index >= 15 is 0 Å². The molecular formula is C13H13N3O5. The van der Waals surface area contributed by atoms with Crippen LogP contribution in [0.15, 0.2) is 28.7 Å². The lowest BCUT2D eigenvalue weighted by Gasteiger charge is -2.06. The maximum atomic E-state index is 11.6. The zero-order chi connectivity index (χ0) is 15.2. The number of rotatable bonds is 5. The number of benzene rings is 1. The maximum absolute atomic E-state index is 11.6. The normalized spacial score (nSPS) is 10.0. The first-order valence-corrected chi connectivity index (χ1v) is 5.99. The fraction of sp³-hybridized carbons (Fsp3) is 0.231. The van der Waals surface area contributed by atoms with E-state index in [1.807, 2.05) is 0 Å². The fourth-order valence-electron chi connectivity index (χ4n) is 1.46. The molecule has 2 rings (SSSR count). The molecule has 0 aliphatic carbocycles. The first kappa shape index (κ1) is 14.5. The summed E-state index contributed by atoms with van der Waals surface area (Å²) in [7, 11) is 1.30. The van der Waals surface area contributed by atoms with E-state index in [-0.39, 0.29) is 12.6 Å². The Morgan fingerprint density at radius 3 is 2.52 bits per heavy atom. The summed E-state index contributed by atoms with van der Waals surface area (Å²) >= 11 is 0. The second-order valence-electron chi connectivity index (χ2n) is 3.98. The molecule has 1 aromatic heterocycles. The number of hydrogen-bond acceptors (Lipinski definition) is 7. The predicted octanol–water partition coefficient (Wildman–Crippen LogP) is 1.18. The summed E-state index contributed by atoms with van der Waals surface area (Å²) in [5, 5.41) is 9.60. The van der Waals surface area contributed by atoms with Crippen LogP contribution in [0.4, 0.5) is 6.01 Å². The van der Waals surface area contributed by atoms with Crippen LogP contribution in [0.2, 0.25) is 0 Å². The van der Waals surface area contributed by atoms with Crippen molar-refractivity contribution >= 4 is 17.9 Å². The maximum Gasteiger partial charge on any atom is 0.337 e. The highest BCUT2D eigenvalue weighted by atomic mass is 16.5. The lowest BCUT2D eigenvalue weighted by molar-refractivity contribution is -0.118. The molecule has 0 aliphatic heterocycles. The lowest BCUT2D eigenvalue weighted by Crippen LogP contribution is -2.20. The van der Waals surface area contributed by atoms with E-state index < -0.39 is 11.9 Å². The molecule has 1 N–H and O–H groups in total. The summed E-state index contributed by atoms with van der Waals surface area (Å²) in [6.07, 6.45) is 0. The lowest BCUT2D eigenvalue weighted by atomic mass is 10.2. The molecule has 0 aliphatic rings. The van der Waals surface area contributed by atoms with Crippen LogP contribution in [-0.4, -0.2) is 35.8 Å². The Kier molecular flexibility index (Phi) is 4.50. The van der Waals surface area contributed by atoms with Gasteiger partial charge in [0.1, 0.15) is 5.75 Å². The standard InChI is InChI=1S/C13H13N3O5/c1-8-15-16-13(21-8)14-11(17)7-20-10-5-3-9(4-6-10)12(18)19-2/h3-6H,7H2,1-2H3,(H,14,16,17). The Morgan fingerprint density at radius 2 is 1.95 bits per heavy atom. The number of nitrogens with zero attached hydrogens (tertiary/aromatic N) is 2. The molecule has 2 aromatic rings.